The average molecular weight is 314 g/mol. The maximum Gasteiger partial charge on any atom is 0.331 e. The molecule has 4 heteroatoms. The third-order valence-electron chi connectivity index (χ3n) is 3.27. The van der Waals surface area contributed by atoms with E-state index in [0.29, 0.717) is 16.7 Å². The van der Waals surface area contributed by atoms with Crippen LogP contribution in [0.15, 0.2) is 60.7 Å². The highest BCUT2D eigenvalue weighted by molar-refractivity contribution is 5.95. The highest BCUT2D eigenvalue weighted by Gasteiger charge is 2.04. The van der Waals surface area contributed by atoms with E-state index in [2.05, 4.69) is 12.1 Å². The molecular formula is C20H14N2O2. The molecule has 4 nitrogen and oxygen atoms in total. The third kappa shape index (κ3) is 4.43. The summed E-state index contributed by atoms with van der Waals surface area (Å²) in [6.45, 7) is 0. The number of rotatable bonds is 4. The van der Waals surface area contributed by atoms with Crippen LogP contribution in [-0.4, -0.2) is 13.1 Å². The van der Waals surface area contributed by atoms with Gasteiger partial charge in [0.2, 0.25) is 0 Å². The fourth-order valence-electron chi connectivity index (χ4n) is 2.08. The van der Waals surface area contributed by atoms with Crippen molar-refractivity contribution in [3.05, 3.63) is 82.9 Å². The second-order valence-corrected chi connectivity index (χ2v) is 4.89. The molecule has 2 aromatic carbocycles. The van der Waals surface area contributed by atoms with Gasteiger partial charge in [0, 0.05) is 6.08 Å². The molecule has 0 amide bonds. The lowest BCUT2D eigenvalue weighted by atomic mass is 10.0. The molecule has 0 aliphatic heterocycles. The van der Waals surface area contributed by atoms with Crippen LogP contribution in [0.1, 0.15) is 22.3 Å². The number of carbonyl (C=O) groups excluding carboxylic acids is 1. The summed E-state index contributed by atoms with van der Waals surface area (Å²) < 4.78 is 4.69. The number of methoxy groups -OCH3 is 1. The molecule has 0 heterocycles. The van der Waals surface area contributed by atoms with Crippen molar-refractivity contribution < 1.29 is 9.53 Å². The van der Waals surface area contributed by atoms with Crippen LogP contribution in [0.5, 0.6) is 0 Å². The van der Waals surface area contributed by atoms with Crippen molar-refractivity contribution in [2.75, 3.05) is 7.11 Å². The number of esters is 1. The Labute approximate surface area is 140 Å². The van der Waals surface area contributed by atoms with Gasteiger partial charge in [0.05, 0.1) is 30.4 Å². The summed E-state index contributed by atoms with van der Waals surface area (Å²) >= 11 is 0. The summed E-state index contributed by atoms with van der Waals surface area (Å²) in [5, 5.41) is 18.0. The predicted octanol–water partition coefficient (Wildman–Crippen LogP) is 3.70. The van der Waals surface area contributed by atoms with E-state index in [1.165, 1.54) is 13.2 Å². The lowest BCUT2D eigenvalue weighted by Crippen LogP contribution is -1.96. The fraction of sp³-hybridized carbons (Fsp3) is 0.0500. The molecule has 0 N–H and O–H groups in total. The van der Waals surface area contributed by atoms with Gasteiger partial charge >= 0.3 is 5.97 Å². The molecule has 0 fully saturated rings. The minimum Gasteiger partial charge on any atom is -0.466 e. The van der Waals surface area contributed by atoms with E-state index in [1.807, 2.05) is 12.1 Å². The smallest absolute Gasteiger partial charge is 0.331 e. The van der Waals surface area contributed by atoms with E-state index in [4.69, 9.17) is 15.3 Å². The number of allylic oxidation sites excluding steroid dienone is 2. The van der Waals surface area contributed by atoms with Crippen LogP contribution in [0.4, 0.5) is 0 Å². The number of ether oxygens (including phenoxy) is 1. The minimum absolute atomic E-state index is 0.484. The molecule has 2 aromatic rings. The van der Waals surface area contributed by atoms with Crippen LogP contribution in [-0.2, 0) is 9.53 Å². The van der Waals surface area contributed by atoms with Crippen molar-refractivity contribution in [1.29, 1.82) is 10.5 Å². The van der Waals surface area contributed by atoms with Gasteiger partial charge in [-0.25, -0.2) is 4.79 Å². The average Bonchev–Trinajstić information content (AvgIpc) is 2.65. The van der Waals surface area contributed by atoms with E-state index >= 15 is 0 Å². The Hall–Kier alpha value is -3.63. The van der Waals surface area contributed by atoms with E-state index in [0.717, 1.165) is 11.1 Å². The summed E-state index contributed by atoms with van der Waals surface area (Å²) in [5.74, 6) is -0.484. The highest BCUT2D eigenvalue weighted by Crippen LogP contribution is 2.19. The maximum absolute atomic E-state index is 11.6. The zero-order chi connectivity index (χ0) is 17.4. The zero-order valence-corrected chi connectivity index (χ0v) is 13.1. The Morgan fingerprint density at radius 2 is 1.71 bits per heavy atom. The predicted molar refractivity (Wildman–Crippen MR) is 91.3 cm³/mol. The number of nitriles is 2. The Morgan fingerprint density at radius 3 is 2.38 bits per heavy atom. The van der Waals surface area contributed by atoms with Gasteiger partial charge in [0.1, 0.15) is 0 Å². The summed E-state index contributed by atoms with van der Waals surface area (Å²) in [5.41, 5.74) is 3.24. The standard InChI is InChI=1S/C20H14N2O2/c1-24-20(23)12-19(18-7-3-6-17(11-18)14-22)9-8-15-4-2-5-16(10-15)13-21/h2-12H,1H3/b9-8+,19-12+. The zero-order valence-electron chi connectivity index (χ0n) is 13.1. The first-order valence-corrected chi connectivity index (χ1v) is 7.14. The lowest BCUT2D eigenvalue weighted by molar-refractivity contribution is -0.134. The molecule has 0 aliphatic rings. The van der Waals surface area contributed by atoms with Gasteiger partial charge in [0.15, 0.2) is 0 Å². The fourth-order valence-corrected chi connectivity index (χ4v) is 2.08. The number of hydrogen-bond acceptors (Lipinski definition) is 4. The van der Waals surface area contributed by atoms with E-state index < -0.39 is 5.97 Å². The van der Waals surface area contributed by atoms with Crippen LogP contribution in [0.3, 0.4) is 0 Å². The quantitative estimate of drug-likeness (QED) is 0.490. The van der Waals surface area contributed by atoms with Gasteiger partial charge in [0.25, 0.3) is 0 Å². The van der Waals surface area contributed by atoms with E-state index in [-0.39, 0.29) is 0 Å². The maximum atomic E-state index is 11.6. The molecule has 0 unspecified atom stereocenters. The first-order valence-electron chi connectivity index (χ1n) is 7.14. The molecule has 0 saturated carbocycles. The number of nitrogens with zero attached hydrogens (tertiary/aromatic N) is 2. The highest BCUT2D eigenvalue weighted by atomic mass is 16.5. The van der Waals surface area contributed by atoms with Crippen LogP contribution in [0.25, 0.3) is 11.6 Å². The van der Waals surface area contributed by atoms with Crippen LogP contribution in [0.2, 0.25) is 0 Å². The van der Waals surface area contributed by atoms with E-state index in [9.17, 15) is 4.79 Å². The third-order valence-corrected chi connectivity index (χ3v) is 3.27. The Kier molecular flexibility index (Phi) is 5.66. The SMILES string of the molecule is COC(=O)/C=C(\C=C\c1cccc(C#N)c1)c1cccc(C#N)c1. The summed E-state index contributed by atoms with van der Waals surface area (Å²) in [4.78, 5) is 11.6. The van der Waals surface area contributed by atoms with Crippen molar-refractivity contribution in [3.8, 4) is 12.1 Å². The van der Waals surface area contributed by atoms with Gasteiger partial charge in [-0.2, -0.15) is 10.5 Å². The lowest BCUT2D eigenvalue weighted by Gasteiger charge is -2.04. The number of hydrogen-bond donors (Lipinski definition) is 0. The normalized spacial score (nSPS) is 10.9. The van der Waals surface area contributed by atoms with Crippen molar-refractivity contribution >= 4 is 17.6 Å². The van der Waals surface area contributed by atoms with E-state index in [1.54, 1.807) is 48.6 Å². The largest absolute Gasteiger partial charge is 0.466 e. The Morgan fingerprint density at radius 1 is 1.04 bits per heavy atom. The summed E-state index contributed by atoms with van der Waals surface area (Å²) in [7, 11) is 1.31. The van der Waals surface area contributed by atoms with Crippen molar-refractivity contribution in [2.24, 2.45) is 0 Å². The number of benzene rings is 2. The molecule has 116 valence electrons. The van der Waals surface area contributed by atoms with Gasteiger partial charge in [-0.3, -0.25) is 0 Å². The molecule has 0 atom stereocenters. The molecule has 0 radical (unpaired) electrons. The van der Waals surface area contributed by atoms with Gasteiger partial charge in [-0.05, 0) is 41.0 Å². The van der Waals surface area contributed by atoms with Gasteiger partial charge in [-0.1, -0.05) is 36.4 Å². The second-order valence-electron chi connectivity index (χ2n) is 4.89. The van der Waals surface area contributed by atoms with Crippen LogP contribution >= 0.6 is 0 Å². The molecule has 24 heavy (non-hydrogen) atoms. The number of carbonyl (C=O) groups is 1. The van der Waals surface area contributed by atoms with Crippen LogP contribution in [0, 0.1) is 22.7 Å². The monoisotopic (exact) mass is 314 g/mol. The molecule has 0 aliphatic carbocycles. The van der Waals surface area contributed by atoms with Gasteiger partial charge in [-0.15, -0.1) is 0 Å². The topological polar surface area (TPSA) is 73.9 Å². The van der Waals surface area contributed by atoms with Crippen molar-refractivity contribution in [2.45, 2.75) is 0 Å². The molecule has 0 saturated heterocycles. The molecule has 2 rings (SSSR count). The second kappa shape index (κ2) is 8.12. The Bertz CT molecular complexity index is 896. The first kappa shape index (κ1) is 16.7. The molecular weight excluding hydrogens is 300 g/mol. The van der Waals surface area contributed by atoms with Crippen molar-refractivity contribution in [1.82, 2.24) is 0 Å². The van der Waals surface area contributed by atoms with Crippen LogP contribution < -0.4 is 0 Å². The van der Waals surface area contributed by atoms with Gasteiger partial charge < -0.3 is 4.74 Å². The van der Waals surface area contributed by atoms with Crippen molar-refractivity contribution in [3.63, 3.8) is 0 Å². The molecule has 0 bridgehead atoms. The molecule has 0 spiro atoms. The summed E-state index contributed by atoms with van der Waals surface area (Å²) in [6.07, 6.45) is 4.92. The summed E-state index contributed by atoms with van der Waals surface area (Å²) in [6, 6.07) is 18.2. The first-order chi connectivity index (χ1) is 11.7. The molecule has 0 aromatic heterocycles. The minimum atomic E-state index is -0.484. The Balaban J connectivity index is 2.42.